The first-order valence-electron chi connectivity index (χ1n) is 6.00. The van der Waals surface area contributed by atoms with Crippen molar-refractivity contribution in [2.24, 2.45) is 0 Å². The van der Waals surface area contributed by atoms with Crippen LogP contribution in [0.3, 0.4) is 0 Å². The van der Waals surface area contributed by atoms with E-state index in [9.17, 15) is 9.90 Å². The zero-order valence-electron chi connectivity index (χ0n) is 10.2. The van der Waals surface area contributed by atoms with Crippen LogP contribution in [0.2, 0.25) is 0 Å². The van der Waals surface area contributed by atoms with E-state index in [0.717, 1.165) is 21.6 Å². The number of hydrogen-bond acceptors (Lipinski definition) is 3. The van der Waals surface area contributed by atoms with E-state index < -0.39 is 0 Å². The molecule has 19 heavy (non-hydrogen) atoms. The second-order valence-electron chi connectivity index (χ2n) is 4.38. The minimum absolute atomic E-state index is 0.0995. The van der Waals surface area contributed by atoms with Crippen molar-refractivity contribution in [2.45, 2.75) is 4.90 Å². The molecule has 0 saturated carbocycles. The van der Waals surface area contributed by atoms with Gasteiger partial charge in [-0.15, -0.1) is 11.8 Å². The Morgan fingerprint density at radius 1 is 1.05 bits per heavy atom. The summed E-state index contributed by atoms with van der Waals surface area (Å²) in [6.45, 7) is 0. The SMILES string of the molecule is O=C1C(=Cc2ccc(O)cc2)CSc2ccccc21. The van der Waals surface area contributed by atoms with E-state index in [0.29, 0.717) is 5.75 Å². The third-order valence-electron chi connectivity index (χ3n) is 3.04. The fraction of sp³-hybridized carbons (Fsp3) is 0.0625. The van der Waals surface area contributed by atoms with Crippen LogP contribution in [0.4, 0.5) is 0 Å². The summed E-state index contributed by atoms with van der Waals surface area (Å²) in [5.41, 5.74) is 2.51. The molecule has 0 bridgehead atoms. The lowest BCUT2D eigenvalue weighted by Gasteiger charge is -2.16. The Kier molecular flexibility index (Phi) is 3.13. The number of carbonyl (C=O) groups is 1. The molecular weight excluding hydrogens is 256 g/mol. The number of ketones is 1. The lowest BCUT2D eigenvalue weighted by molar-refractivity contribution is 0.103. The molecule has 94 valence electrons. The molecule has 0 amide bonds. The Bertz CT molecular complexity index is 657. The highest BCUT2D eigenvalue weighted by Gasteiger charge is 2.21. The van der Waals surface area contributed by atoms with Gasteiger partial charge in [0.1, 0.15) is 5.75 Å². The summed E-state index contributed by atoms with van der Waals surface area (Å²) in [4.78, 5) is 13.4. The minimum Gasteiger partial charge on any atom is -0.508 e. The van der Waals surface area contributed by atoms with Crippen LogP contribution in [-0.4, -0.2) is 16.6 Å². The summed E-state index contributed by atoms with van der Waals surface area (Å²) in [7, 11) is 0. The quantitative estimate of drug-likeness (QED) is 0.800. The number of aromatic hydroxyl groups is 1. The van der Waals surface area contributed by atoms with E-state index in [-0.39, 0.29) is 11.5 Å². The van der Waals surface area contributed by atoms with Crippen molar-refractivity contribution in [3.63, 3.8) is 0 Å². The number of thioether (sulfide) groups is 1. The fourth-order valence-corrected chi connectivity index (χ4v) is 3.07. The zero-order chi connectivity index (χ0) is 13.2. The zero-order valence-corrected chi connectivity index (χ0v) is 11.0. The maximum absolute atomic E-state index is 12.4. The topological polar surface area (TPSA) is 37.3 Å². The van der Waals surface area contributed by atoms with Gasteiger partial charge in [0.2, 0.25) is 0 Å². The summed E-state index contributed by atoms with van der Waals surface area (Å²) < 4.78 is 0. The molecule has 2 aromatic carbocycles. The Morgan fingerprint density at radius 2 is 1.79 bits per heavy atom. The molecule has 1 aliphatic rings. The molecule has 0 aliphatic carbocycles. The lowest BCUT2D eigenvalue weighted by Crippen LogP contribution is -2.11. The molecule has 1 N–H and O–H groups in total. The Balaban J connectivity index is 1.96. The van der Waals surface area contributed by atoms with Crippen molar-refractivity contribution in [2.75, 3.05) is 5.75 Å². The first-order valence-corrected chi connectivity index (χ1v) is 6.99. The molecule has 0 saturated heterocycles. The standard InChI is InChI=1S/C16H12O2S/c17-13-7-5-11(6-8-13)9-12-10-19-15-4-2-1-3-14(15)16(12)18/h1-9,17H,10H2. The lowest BCUT2D eigenvalue weighted by atomic mass is 10.0. The Morgan fingerprint density at radius 3 is 2.58 bits per heavy atom. The van der Waals surface area contributed by atoms with E-state index in [4.69, 9.17) is 0 Å². The van der Waals surface area contributed by atoms with E-state index in [1.807, 2.05) is 30.3 Å². The van der Waals surface area contributed by atoms with Crippen molar-refractivity contribution in [3.8, 4) is 5.75 Å². The number of Topliss-reactive ketones (excluding diaryl/α,β-unsaturated/α-hetero) is 1. The van der Waals surface area contributed by atoms with Gasteiger partial charge in [0.05, 0.1) is 0 Å². The van der Waals surface area contributed by atoms with Gasteiger partial charge in [0, 0.05) is 21.8 Å². The van der Waals surface area contributed by atoms with Gasteiger partial charge < -0.3 is 5.11 Å². The Labute approximate surface area is 115 Å². The number of carbonyl (C=O) groups excluding carboxylic acids is 1. The summed E-state index contributed by atoms with van der Waals surface area (Å²) in [5.74, 6) is 1.02. The maximum Gasteiger partial charge on any atom is 0.191 e. The molecule has 0 spiro atoms. The number of fused-ring (bicyclic) bond motifs is 1. The van der Waals surface area contributed by atoms with Crippen LogP contribution in [-0.2, 0) is 0 Å². The molecule has 0 fully saturated rings. The smallest absolute Gasteiger partial charge is 0.191 e. The van der Waals surface area contributed by atoms with Gasteiger partial charge in [-0.3, -0.25) is 4.79 Å². The second kappa shape index (κ2) is 4.94. The molecule has 0 radical (unpaired) electrons. The summed E-state index contributed by atoms with van der Waals surface area (Å²) in [6.07, 6.45) is 1.89. The molecule has 0 aromatic heterocycles. The number of benzene rings is 2. The third-order valence-corrected chi connectivity index (χ3v) is 4.16. The first-order chi connectivity index (χ1) is 9.24. The van der Waals surface area contributed by atoms with Crippen molar-refractivity contribution in [3.05, 3.63) is 65.2 Å². The van der Waals surface area contributed by atoms with Gasteiger partial charge >= 0.3 is 0 Å². The Hall–Kier alpha value is -2.00. The van der Waals surface area contributed by atoms with Crippen LogP contribution in [0.5, 0.6) is 5.75 Å². The highest BCUT2D eigenvalue weighted by molar-refractivity contribution is 7.99. The van der Waals surface area contributed by atoms with Gasteiger partial charge in [0.25, 0.3) is 0 Å². The van der Waals surface area contributed by atoms with Crippen molar-refractivity contribution < 1.29 is 9.90 Å². The molecule has 1 heterocycles. The van der Waals surface area contributed by atoms with Crippen LogP contribution in [0.25, 0.3) is 6.08 Å². The van der Waals surface area contributed by atoms with Gasteiger partial charge in [-0.1, -0.05) is 24.3 Å². The van der Waals surface area contributed by atoms with Gasteiger partial charge in [-0.25, -0.2) is 0 Å². The van der Waals surface area contributed by atoms with E-state index >= 15 is 0 Å². The normalized spacial score (nSPS) is 16.4. The largest absolute Gasteiger partial charge is 0.508 e. The number of hydrogen-bond donors (Lipinski definition) is 1. The molecular formula is C16H12O2S. The predicted molar refractivity (Wildman–Crippen MR) is 77.6 cm³/mol. The summed E-state index contributed by atoms with van der Waals surface area (Å²) >= 11 is 1.68. The summed E-state index contributed by atoms with van der Waals surface area (Å²) in [6, 6.07) is 14.6. The van der Waals surface area contributed by atoms with Crippen molar-refractivity contribution >= 4 is 23.6 Å². The van der Waals surface area contributed by atoms with Crippen LogP contribution in [0.1, 0.15) is 15.9 Å². The average Bonchev–Trinajstić information content (AvgIpc) is 2.45. The number of phenols is 1. The number of phenolic OH excluding ortho intramolecular Hbond substituents is 1. The van der Waals surface area contributed by atoms with Crippen molar-refractivity contribution in [1.82, 2.24) is 0 Å². The van der Waals surface area contributed by atoms with E-state index in [1.165, 1.54) is 0 Å². The van der Waals surface area contributed by atoms with E-state index in [2.05, 4.69) is 0 Å². The molecule has 0 atom stereocenters. The minimum atomic E-state index is 0.0995. The monoisotopic (exact) mass is 268 g/mol. The molecule has 3 rings (SSSR count). The first kappa shape index (κ1) is 12.1. The molecule has 1 aliphatic heterocycles. The third kappa shape index (κ3) is 2.42. The maximum atomic E-state index is 12.4. The van der Waals surface area contributed by atoms with Crippen molar-refractivity contribution in [1.29, 1.82) is 0 Å². The van der Waals surface area contributed by atoms with Crippen LogP contribution >= 0.6 is 11.8 Å². The highest BCUT2D eigenvalue weighted by atomic mass is 32.2. The van der Waals surface area contributed by atoms with Gasteiger partial charge in [-0.05, 0) is 35.9 Å². The fourth-order valence-electron chi connectivity index (χ4n) is 2.05. The van der Waals surface area contributed by atoms with E-state index in [1.54, 1.807) is 36.0 Å². The van der Waals surface area contributed by atoms with Crippen LogP contribution in [0.15, 0.2) is 59.0 Å². The second-order valence-corrected chi connectivity index (χ2v) is 5.39. The molecule has 2 aromatic rings. The van der Waals surface area contributed by atoms with Crippen LogP contribution in [0, 0.1) is 0 Å². The highest BCUT2D eigenvalue weighted by Crippen LogP contribution is 2.33. The molecule has 3 heteroatoms. The van der Waals surface area contributed by atoms with Crippen LogP contribution < -0.4 is 0 Å². The number of rotatable bonds is 1. The van der Waals surface area contributed by atoms with Gasteiger partial charge in [0.15, 0.2) is 5.78 Å². The molecule has 2 nitrogen and oxygen atoms in total. The molecule has 0 unspecified atom stereocenters. The summed E-state index contributed by atoms with van der Waals surface area (Å²) in [5, 5.41) is 9.25. The predicted octanol–water partition coefficient (Wildman–Crippen LogP) is 3.76. The average molecular weight is 268 g/mol. The van der Waals surface area contributed by atoms with Gasteiger partial charge in [-0.2, -0.15) is 0 Å².